The zero-order chi connectivity index (χ0) is 19.8. The maximum absolute atomic E-state index is 11.5. The topological polar surface area (TPSA) is 93.6 Å². The van der Waals surface area contributed by atoms with Gasteiger partial charge in [-0.3, -0.25) is 9.63 Å². The third kappa shape index (κ3) is 5.12. The maximum Gasteiger partial charge on any atom is 0.323 e. The molecule has 0 saturated heterocycles. The van der Waals surface area contributed by atoms with Gasteiger partial charge in [0.15, 0.2) is 5.82 Å². The highest BCUT2D eigenvalue weighted by molar-refractivity contribution is 5.73. The highest BCUT2D eigenvalue weighted by atomic mass is 16.6. The van der Waals surface area contributed by atoms with Crippen LogP contribution >= 0.6 is 0 Å². The van der Waals surface area contributed by atoms with Gasteiger partial charge in [0.1, 0.15) is 18.4 Å². The molecule has 0 unspecified atom stereocenters. The molecule has 2 N–H and O–H groups in total. The number of benzene rings is 2. The first kappa shape index (κ1) is 19.5. The summed E-state index contributed by atoms with van der Waals surface area (Å²) in [6, 6.07) is 17.7. The van der Waals surface area contributed by atoms with E-state index < -0.39 is 12.0 Å². The Morgan fingerprint density at radius 2 is 1.86 bits per heavy atom. The quantitative estimate of drug-likeness (QED) is 0.552. The molecule has 7 heteroatoms. The van der Waals surface area contributed by atoms with Crippen molar-refractivity contribution in [3.8, 4) is 17.1 Å². The van der Waals surface area contributed by atoms with Gasteiger partial charge in [-0.1, -0.05) is 42.5 Å². The molecule has 0 amide bonds. The Bertz CT molecular complexity index is 918. The molecule has 3 rings (SSSR count). The summed E-state index contributed by atoms with van der Waals surface area (Å²) in [5, 5.41) is 9.40. The minimum Gasteiger partial charge on any atom is -0.496 e. The minimum atomic E-state index is -0.985. The molecule has 1 aromatic heterocycles. The Labute approximate surface area is 162 Å². The number of rotatable bonds is 9. The van der Waals surface area contributed by atoms with Crippen molar-refractivity contribution in [1.82, 2.24) is 15.4 Å². The second kappa shape index (κ2) is 9.59. The molecule has 7 nitrogen and oxygen atoms in total. The number of hydrogen-bond donors (Lipinski definition) is 2. The van der Waals surface area contributed by atoms with Gasteiger partial charge in [-0.05, 0) is 23.8 Å². The van der Waals surface area contributed by atoms with Gasteiger partial charge in [-0.2, -0.15) is 5.48 Å². The minimum absolute atomic E-state index is 0.100. The first-order valence-corrected chi connectivity index (χ1v) is 8.76. The molecule has 3 aromatic rings. The van der Waals surface area contributed by atoms with Crippen molar-refractivity contribution in [1.29, 1.82) is 0 Å². The van der Waals surface area contributed by atoms with E-state index in [4.69, 9.17) is 9.57 Å². The number of para-hydroxylation sites is 1. The molecular formula is C21H21N3O4. The zero-order valence-corrected chi connectivity index (χ0v) is 15.4. The Hall–Kier alpha value is -3.29. The number of methoxy groups -OCH3 is 1. The van der Waals surface area contributed by atoms with E-state index in [1.807, 2.05) is 54.6 Å². The van der Waals surface area contributed by atoms with Crippen molar-refractivity contribution in [3.63, 3.8) is 0 Å². The highest BCUT2D eigenvalue weighted by Gasteiger charge is 2.18. The van der Waals surface area contributed by atoms with Crippen LogP contribution in [-0.4, -0.2) is 34.2 Å². The largest absolute Gasteiger partial charge is 0.496 e. The van der Waals surface area contributed by atoms with Gasteiger partial charge in [-0.15, -0.1) is 0 Å². The zero-order valence-electron chi connectivity index (χ0n) is 15.4. The van der Waals surface area contributed by atoms with Crippen LogP contribution in [0.2, 0.25) is 0 Å². The van der Waals surface area contributed by atoms with Crippen LogP contribution in [0, 0.1) is 0 Å². The smallest absolute Gasteiger partial charge is 0.323 e. The van der Waals surface area contributed by atoms with Crippen molar-refractivity contribution < 1.29 is 19.5 Å². The number of hydroxylamine groups is 1. The lowest BCUT2D eigenvalue weighted by Gasteiger charge is -2.14. The van der Waals surface area contributed by atoms with Crippen molar-refractivity contribution >= 4 is 5.97 Å². The summed E-state index contributed by atoms with van der Waals surface area (Å²) >= 11 is 0. The molecule has 0 spiro atoms. The van der Waals surface area contributed by atoms with Gasteiger partial charge in [0.2, 0.25) is 0 Å². The standard InChI is InChI=1S/C21H21N3O4/c1-27-19-10-6-5-9-17(19)20-22-12-11-16(23-20)14-28-24-18(21(25)26)13-15-7-3-2-4-8-15/h2-12,18,24H,13-14H2,1H3,(H,25,26)/t18-/m0/s1. The molecule has 0 bridgehead atoms. The van der Waals surface area contributed by atoms with E-state index in [9.17, 15) is 9.90 Å². The molecule has 1 atom stereocenters. The fourth-order valence-corrected chi connectivity index (χ4v) is 2.68. The van der Waals surface area contributed by atoms with Crippen molar-refractivity contribution in [2.24, 2.45) is 0 Å². The van der Waals surface area contributed by atoms with E-state index >= 15 is 0 Å². The average molecular weight is 379 g/mol. The van der Waals surface area contributed by atoms with Crippen LogP contribution in [0.3, 0.4) is 0 Å². The first-order chi connectivity index (χ1) is 13.7. The molecule has 0 radical (unpaired) electrons. The van der Waals surface area contributed by atoms with Crippen molar-refractivity contribution in [2.75, 3.05) is 7.11 Å². The number of ether oxygens (including phenoxy) is 1. The fraction of sp³-hybridized carbons (Fsp3) is 0.190. The summed E-state index contributed by atoms with van der Waals surface area (Å²) in [7, 11) is 1.59. The van der Waals surface area contributed by atoms with Gasteiger partial charge >= 0.3 is 5.97 Å². The van der Waals surface area contributed by atoms with Crippen molar-refractivity contribution in [3.05, 3.63) is 78.1 Å². The molecule has 0 saturated carbocycles. The summed E-state index contributed by atoms with van der Waals surface area (Å²) < 4.78 is 5.35. The highest BCUT2D eigenvalue weighted by Crippen LogP contribution is 2.26. The molecule has 0 aliphatic carbocycles. The van der Waals surface area contributed by atoms with Gasteiger partial charge in [0.25, 0.3) is 0 Å². The van der Waals surface area contributed by atoms with Crippen LogP contribution in [-0.2, 0) is 22.7 Å². The summed E-state index contributed by atoms with van der Waals surface area (Å²) in [6.45, 7) is 0.100. The number of hydrogen-bond acceptors (Lipinski definition) is 6. The number of aromatic nitrogens is 2. The Balaban J connectivity index is 1.63. The van der Waals surface area contributed by atoms with Gasteiger partial charge in [0, 0.05) is 12.6 Å². The predicted octanol–water partition coefficient (Wildman–Crippen LogP) is 2.87. The van der Waals surface area contributed by atoms with Gasteiger partial charge < -0.3 is 9.84 Å². The summed E-state index contributed by atoms with van der Waals surface area (Å²) in [4.78, 5) is 25.6. The number of aliphatic carboxylic acids is 1. The number of carboxylic acid groups (broad SMARTS) is 1. The van der Waals surface area contributed by atoms with Crippen LogP contribution < -0.4 is 10.2 Å². The molecule has 0 aliphatic rings. The lowest BCUT2D eigenvalue weighted by Crippen LogP contribution is -2.38. The fourth-order valence-electron chi connectivity index (χ4n) is 2.68. The monoisotopic (exact) mass is 379 g/mol. The van der Waals surface area contributed by atoms with Crippen LogP contribution in [0.15, 0.2) is 66.9 Å². The Kier molecular flexibility index (Phi) is 6.67. The third-order valence-electron chi connectivity index (χ3n) is 4.09. The lowest BCUT2D eigenvalue weighted by molar-refractivity contribution is -0.144. The first-order valence-electron chi connectivity index (χ1n) is 8.76. The van der Waals surface area contributed by atoms with Crippen LogP contribution in [0.4, 0.5) is 0 Å². The number of carbonyl (C=O) groups is 1. The summed E-state index contributed by atoms with van der Waals surface area (Å²) in [6.07, 6.45) is 1.94. The Morgan fingerprint density at radius 1 is 1.11 bits per heavy atom. The van der Waals surface area contributed by atoms with E-state index in [1.54, 1.807) is 19.4 Å². The van der Waals surface area contributed by atoms with Gasteiger partial charge in [-0.25, -0.2) is 9.97 Å². The SMILES string of the molecule is COc1ccccc1-c1nccc(CON[C@@H](Cc2ccccc2)C(=O)O)n1. The van der Waals surface area contributed by atoms with E-state index in [-0.39, 0.29) is 6.61 Å². The third-order valence-corrected chi connectivity index (χ3v) is 4.09. The second-order valence-corrected chi connectivity index (χ2v) is 6.06. The Morgan fingerprint density at radius 3 is 2.61 bits per heavy atom. The van der Waals surface area contributed by atoms with Crippen LogP contribution in [0.25, 0.3) is 11.4 Å². The average Bonchev–Trinajstić information content (AvgIpc) is 2.74. The van der Waals surface area contributed by atoms with E-state index in [0.29, 0.717) is 23.7 Å². The summed E-state index contributed by atoms with van der Waals surface area (Å²) in [5.41, 5.74) is 4.91. The van der Waals surface area contributed by atoms with Crippen LogP contribution in [0.5, 0.6) is 5.75 Å². The maximum atomic E-state index is 11.5. The number of carboxylic acids is 1. The lowest BCUT2D eigenvalue weighted by atomic mass is 10.1. The molecule has 2 aromatic carbocycles. The van der Waals surface area contributed by atoms with E-state index in [0.717, 1.165) is 11.1 Å². The van der Waals surface area contributed by atoms with Crippen LogP contribution in [0.1, 0.15) is 11.3 Å². The molecule has 144 valence electrons. The molecule has 1 heterocycles. The predicted molar refractivity (Wildman–Crippen MR) is 104 cm³/mol. The molecule has 28 heavy (non-hydrogen) atoms. The normalized spacial score (nSPS) is 11.8. The number of nitrogens with one attached hydrogen (secondary N) is 1. The van der Waals surface area contributed by atoms with E-state index in [1.165, 1.54) is 0 Å². The van der Waals surface area contributed by atoms with E-state index in [2.05, 4.69) is 15.4 Å². The summed E-state index contributed by atoms with van der Waals surface area (Å²) in [5.74, 6) is 0.200. The van der Waals surface area contributed by atoms with Gasteiger partial charge in [0.05, 0.1) is 18.4 Å². The molecular weight excluding hydrogens is 358 g/mol. The second-order valence-electron chi connectivity index (χ2n) is 6.06. The number of nitrogens with zero attached hydrogens (tertiary/aromatic N) is 2. The molecule has 0 fully saturated rings. The van der Waals surface area contributed by atoms with Crippen molar-refractivity contribution in [2.45, 2.75) is 19.1 Å². The molecule has 0 aliphatic heterocycles.